The van der Waals surface area contributed by atoms with Gasteiger partial charge in [0.05, 0.1) is 0 Å². The van der Waals surface area contributed by atoms with Gasteiger partial charge >= 0.3 is 0 Å². The molecule has 3 atom stereocenters. The highest BCUT2D eigenvalue weighted by Gasteiger charge is 2.40. The van der Waals surface area contributed by atoms with Crippen LogP contribution in [0, 0.1) is 5.92 Å². The second kappa shape index (κ2) is 7.54. The molecule has 1 aromatic carbocycles. The second-order valence-electron chi connectivity index (χ2n) is 7.26. The van der Waals surface area contributed by atoms with Crippen molar-refractivity contribution in [2.45, 2.75) is 25.9 Å². The fraction of sp³-hybridized carbons (Fsp3) is 0.579. The maximum absolute atomic E-state index is 12.1. The third-order valence-electron chi connectivity index (χ3n) is 5.58. The fourth-order valence-corrected chi connectivity index (χ4v) is 4.23. The predicted molar refractivity (Wildman–Crippen MR) is 96.7 cm³/mol. The van der Waals surface area contributed by atoms with E-state index in [0.717, 1.165) is 44.8 Å². The SMILES string of the molecule is CC(=O)N1CCN([C@@H]2CN([C@H](C(N)=O)c3ccccc3)C[C@@H]2C)CC1. The number of nitrogens with zero attached hydrogens (tertiary/aromatic N) is 3. The van der Waals surface area contributed by atoms with Crippen molar-refractivity contribution in [2.75, 3.05) is 39.3 Å². The Balaban J connectivity index is 1.68. The zero-order chi connectivity index (χ0) is 18.0. The summed E-state index contributed by atoms with van der Waals surface area (Å²) in [7, 11) is 0. The summed E-state index contributed by atoms with van der Waals surface area (Å²) in [5.41, 5.74) is 6.69. The molecule has 0 spiro atoms. The van der Waals surface area contributed by atoms with E-state index in [1.807, 2.05) is 35.2 Å². The largest absolute Gasteiger partial charge is 0.368 e. The van der Waals surface area contributed by atoms with E-state index in [0.29, 0.717) is 12.0 Å². The molecule has 2 aliphatic rings. The molecular weight excluding hydrogens is 316 g/mol. The van der Waals surface area contributed by atoms with Crippen LogP contribution in [0.1, 0.15) is 25.5 Å². The zero-order valence-corrected chi connectivity index (χ0v) is 15.1. The minimum atomic E-state index is -0.368. The Labute approximate surface area is 149 Å². The third kappa shape index (κ3) is 3.85. The van der Waals surface area contributed by atoms with Crippen LogP contribution in [0.5, 0.6) is 0 Å². The van der Waals surface area contributed by atoms with Crippen molar-refractivity contribution in [3.8, 4) is 0 Å². The molecule has 0 aromatic heterocycles. The molecule has 136 valence electrons. The molecule has 6 heteroatoms. The van der Waals surface area contributed by atoms with Gasteiger partial charge in [0.25, 0.3) is 0 Å². The minimum absolute atomic E-state index is 0.151. The van der Waals surface area contributed by atoms with Crippen molar-refractivity contribution in [3.63, 3.8) is 0 Å². The third-order valence-corrected chi connectivity index (χ3v) is 5.58. The number of hydrogen-bond acceptors (Lipinski definition) is 4. The number of rotatable bonds is 4. The standard InChI is InChI=1S/C19H28N4O2/c1-14-12-23(18(19(20)25)16-6-4-3-5-7-16)13-17(14)22-10-8-21(9-11-22)15(2)24/h3-7,14,17-18H,8-13H2,1-2H3,(H2,20,25)/t14-,17+,18-/m0/s1. The van der Waals surface area contributed by atoms with E-state index in [1.54, 1.807) is 6.92 Å². The number of piperazine rings is 1. The first kappa shape index (κ1) is 17.9. The van der Waals surface area contributed by atoms with E-state index in [-0.39, 0.29) is 17.9 Å². The Bertz CT molecular complexity index is 613. The highest BCUT2D eigenvalue weighted by atomic mass is 16.2. The summed E-state index contributed by atoms with van der Waals surface area (Å²) in [6, 6.07) is 9.82. The molecule has 3 rings (SSSR count). The average molecular weight is 344 g/mol. The normalized spacial score (nSPS) is 26.6. The van der Waals surface area contributed by atoms with E-state index in [4.69, 9.17) is 5.73 Å². The lowest BCUT2D eigenvalue weighted by Gasteiger charge is -2.39. The molecule has 0 aliphatic carbocycles. The molecule has 2 aliphatic heterocycles. The summed E-state index contributed by atoms with van der Waals surface area (Å²) >= 11 is 0. The molecule has 2 amide bonds. The lowest BCUT2D eigenvalue weighted by molar-refractivity contribution is -0.131. The van der Waals surface area contributed by atoms with Gasteiger partial charge in [0, 0.05) is 52.2 Å². The first-order valence-electron chi connectivity index (χ1n) is 9.05. The van der Waals surface area contributed by atoms with Crippen molar-refractivity contribution >= 4 is 11.8 Å². The number of amides is 2. The number of benzene rings is 1. The zero-order valence-electron chi connectivity index (χ0n) is 15.1. The van der Waals surface area contributed by atoms with Gasteiger partial charge in [-0.25, -0.2) is 0 Å². The van der Waals surface area contributed by atoms with Gasteiger partial charge in [0.2, 0.25) is 11.8 Å². The molecule has 0 unspecified atom stereocenters. The lowest BCUT2D eigenvalue weighted by Crippen LogP contribution is -2.53. The maximum Gasteiger partial charge on any atom is 0.239 e. The highest BCUT2D eigenvalue weighted by molar-refractivity contribution is 5.81. The van der Waals surface area contributed by atoms with Crippen LogP contribution in [0.4, 0.5) is 0 Å². The van der Waals surface area contributed by atoms with Crippen LogP contribution in [0.2, 0.25) is 0 Å². The van der Waals surface area contributed by atoms with E-state index in [1.165, 1.54) is 0 Å². The number of nitrogens with two attached hydrogens (primary N) is 1. The van der Waals surface area contributed by atoms with Gasteiger partial charge in [-0.05, 0) is 11.5 Å². The van der Waals surface area contributed by atoms with Crippen LogP contribution in [-0.4, -0.2) is 71.8 Å². The molecule has 25 heavy (non-hydrogen) atoms. The van der Waals surface area contributed by atoms with Crippen LogP contribution in [0.3, 0.4) is 0 Å². The molecule has 0 bridgehead atoms. The van der Waals surface area contributed by atoms with Crippen LogP contribution >= 0.6 is 0 Å². The van der Waals surface area contributed by atoms with Crippen molar-refractivity contribution in [2.24, 2.45) is 11.7 Å². The van der Waals surface area contributed by atoms with E-state index < -0.39 is 0 Å². The van der Waals surface area contributed by atoms with Crippen LogP contribution < -0.4 is 5.73 Å². The van der Waals surface area contributed by atoms with Gasteiger partial charge in [-0.1, -0.05) is 37.3 Å². The molecular formula is C19H28N4O2. The van der Waals surface area contributed by atoms with Gasteiger partial charge in [-0.3, -0.25) is 19.4 Å². The van der Waals surface area contributed by atoms with Crippen molar-refractivity contribution in [1.82, 2.24) is 14.7 Å². The summed E-state index contributed by atoms with van der Waals surface area (Å²) in [6.45, 7) is 8.94. The highest BCUT2D eigenvalue weighted by Crippen LogP contribution is 2.30. The number of hydrogen-bond donors (Lipinski definition) is 1. The second-order valence-corrected chi connectivity index (χ2v) is 7.26. The van der Waals surface area contributed by atoms with Gasteiger partial charge in [-0.15, -0.1) is 0 Å². The Hall–Kier alpha value is -1.92. The van der Waals surface area contributed by atoms with Gasteiger partial charge in [0.1, 0.15) is 6.04 Å². The molecule has 0 saturated carbocycles. The number of carbonyl (C=O) groups excluding carboxylic acids is 2. The number of primary amides is 1. The summed E-state index contributed by atoms with van der Waals surface area (Å²) in [5.74, 6) is 0.327. The van der Waals surface area contributed by atoms with Crippen molar-refractivity contribution in [3.05, 3.63) is 35.9 Å². The first-order chi connectivity index (χ1) is 12.0. The van der Waals surface area contributed by atoms with E-state index in [2.05, 4.69) is 16.7 Å². The monoisotopic (exact) mass is 344 g/mol. The predicted octanol–water partition coefficient (Wildman–Crippen LogP) is 0.697. The van der Waals surface area contributed by atoms with E-state index in [9.17, 15) is 9.59 Å². The topological polar surface area (TPSA) is 69.9 Å². The Morgan fingerprint density at radius 2 is 1.72 bits per heavy atom. The lowest BCUT2D eigenvalue weighted by atomic mass is 10.0. The summed E-state index contributed by atoms with van der Waals surface area (Å²) in [5, 5.41) is 0. The van der Waals surface area contributed by atoms with Gasteiger partial charge in [-0.2, -0.15) is 0 Å². The fourth-order valence-electron chi connectivity index (χ4n) is 4.23. The molecule has 6 nitrogen and oxygen atoms in total. The first-order valence-corrected chi connectivity index (χ1v) is 9.05. The maximum atomic E-state index is 12.1. The molecule has 0 radical (unpaired) electrons. The van der Waals surface area contributed by atoms with Crippen LogP contribution in [0.15, 0.2) is 30.3 Å². The van der Waals surface area contributed by atoms with Gasteiger partial charge < -0.3 is 10.6 Å². The molecule has 1 aromatic rings. The molecule has 2 saturated heterocycles. The number of likely N-dealkylation sites (tertiary alicyclic amines) is 1. The Morgan fingerprint density at radius 1 is 1.08 bits per heavy atom. The van der Waals surface area contributed by atoms with Crippen molar-refractivity contribution < 1.29 is 9.59 Å². The summed E-state index contributed by atoms with van der Waals surface area (Å²) < 4.78 is 0. The summed E-state index contributed by atoms with van der Waals surface area (Å²) in [4.78, 5) is 30.2. The average Bonchev–Trinajstić information content (AvgIpc) is 2.97. The quantitative estimate of drug-likeness (QED) is 0.873. The number of carbonyl (C=O) groups is 2. The molecule has 2 heterocycles. The molecule has 2 fully saturated rings. The Kier molecular flexibility index (Phi) is 5.39. The summed E-state index contributed by atoms with van der Waals surface area (Å²) in [6.07, 6.45) is 0. The smallest absolute Gasteiger partial charge is 0.239 e. The molecule has 2 N–H and O–H groups in total. The van der Waals surface area contributed by atoms with Crippen molar-refractivity contribution in [1.29, 1.82) is 0 Å². The van der Waals surface area contributed by atoms with E-state index >= 15 is 0 Å². The minimum Gasteiger partial charge on any atom is -0.368 e. The van der Waals surface area contributed by atoms with Crippen LogP contribution in [-0.2, 0) is 9.59 Å². The van der Waals surface area contributed by atoms with Gasteiger partial charge in [0.15, 0.2) is 0 Å². The Morgan fingerprint density at radius 3 is 2.28 bits per heavy atom. The van der Waals surface area contributed by atoms with Crippen LogP contribution in [0.25, 0.3) is 0 Å².